The van der Waals surface area contributed by atoms with Crippen molar-refractivity contribution in [2.45, 2.75) is 57.5 Å². The Hall–Kier alpha value is -1.78. The van der Waals surface area contributed by atoms with Gasteiger partial charge < -0.3 is 4.74 Å². The maximum Gasteiger partial charge on any atom is 0.400 e. The van der Waals surface area contributed by atoms with Gasteiger partial charge >= 0.3 is 6.11 Å². The molecule has 0 atom stereocenters. The van der Waals surface area contributed by atoms with Gasteiger partial charge in [-0.25, -0.2) is 8.78 Å². The molecule has 0 spiro atoms. The third-order valence-corrected chi connectivity index (χ3v) is 6.20. The molecule has 1 aromatic carbocycles. The van der Waals surface area contributed by atoms with Crippen LogP contribution in [0.3, 0.4) is 0 Å². The highest BCUT2D eigenvalue weighted by Crippen LogP contribution is 2.41. The number of allylic oxidation sites excluding steroid dienone is 3. The van der Waals surface area contributed by atoms with Crippen LogP contribution in [-0.2, 0) is 0 Å². The monoisotopic (exact) mass is 396 g/mol. The van der Waals surface area contributed by atoms with Crippen LogP contribution < -0.4 is 4.74 Å². The van der Waals surface area contributed by atoms with Gasteiger partial charge in [0.1, 0.15) is 5.75 Å². The number of halogens is 4. The average Bonchev–Trinajstić information content (AvgIpc) is 2.70. The quantitative estimate of drug-likeness (QED) is 0.362. The Morgan fingerprint density at radius 3 is 1.89 bits per heavy atom. The van der Waals surface area contributed by atoms with Crippen LogP contribution in [0.15, 0.2) is 43.0 Å². The Labute approximate surface area is 164 Å². The minimum atomic E-state index is -3.39. The molecule has 28 heavy (non-hydrogen) atoms. The maximum absolute atomic E-state index is 14.4. The minimum absolute atomic E-state index is 0.326. The molecule has 2 fully saturated rings. The largest absolute Gasteiger partial charge is 0.432 e. The molecule has 0 N–H and O–H groups in total. The lowest BCUT2D eigenvalue weighted by Gasteiger charge is -2.32. The zero-order valence-corrected chi connectivity index (χ0v) is 16.1. The molecule has 154 valence electrons. The zero-order valence-electron chi connectivity index (χ0n) is 16.1. The molecule has 2 aliphatic carbocycles. The van der Waals surface area contributed by atoms with Crippen molar-refractivity contribution >= 4 is 0 Å². The van der Waals surface area contributed by atoms with E-state index in [0.717, 1.165) is 12.1 Å². The third-order valence-electron chi connectivity index (χ3n) is 6.20. The molecule has 0 radical (unpaired) electrons. The molecule has 2 aliphatic rings. The van der Waals surface area contributed by atoms with E-state index in [1.165, 1.54) is 25.7 Å². The molecule has 0 saturated heterocycles. The maximum atomic E-state index is 14.4. The Bertz CT molecular complexity index is 684. The summed E-state index contributed by atoms with van der Waals surface area (Å²) in [6.07, 6.45) is 9.95. The van der Waals surface area contributed by atoms with E-state index in [1.54, 1.807) is 0 Å². The van der Waals surface area contributed by atoms with E-state index < -0.39 is 23.7 Å². The summed E-state index contributed by atoms with van der Waals surface area (Å²) in [5, 5.41) is 0. The summed E-state index contributed by atoms with van der Waals surface area (Å²) in [5.41, 5.74) is 0. The van der Waals surface area contributed by atoms with Crippen molar-refractivity contribution in [3.63, 3.8) is 0 Å². The first-order valence-electron chi connectivity index (χ1n) is 10.2. The van der Waals surface area contributed by atoms with Gasteiger partial charge in [-0.3, -0.25) is 0 Å². The van der Waals surface area contributed by atoms with Crippen LogP contribution >= 0.6 is 0 Å². The molecule has 0 aromatic heterocycles. The smallest absolute Gasteiger partial charge is 0.400 e. The van der Waals surface area contributed by atoms with Gasteiger partial charge in [-0.1, -0.05) is 18.2 Å². The SMILES string of the molecule is C=CC1CCC(/C=C/C2CCC(C(F)(F)Oc3ccc(F)c(F)c3)CC2)CC1. The first-order valence-corrected chi connectivity index (χ1v) is 10.2. The normalized spacial score (nSPS) is 29.0. The summed E-state index contributed by atoms with van der Waals surface area (Å²) in [4.78, 5) is 0. The summed E-state index contributed by atoms with van der Waals surface area (Å²) >= 11 is 0. The van der Waals surface area contributed by atoms with Crippen LogP contribution in [0.1, 0.15) is 51.4 Å². The van der Waals surface area contributed by atoms with Crippen molar-refractivity contribution in [1.82, 2.24) is 0 Å². The second kappa shape index (κ2) is 9.15. The highest BCUT2D eigenvalue weighted by molar-refractivity contribution is 5.24. The lowest BCUT2D eigenvalue weighted by molar-refractivity contribution is -0.223. The summed E-state index contributed by atoms with van der Waals surface area (Å²) in [7, 11) is 0. The van der Waals surface area contributed by atoms with Crippen molar-refractivity contribution in [1.29, 1.82) is 0 Å². The highest BCUT2D eigenvalue weighted by Gasteiger charge is 2.43. The van der Waals surface area contributed by atoms with Crippen molar-refractivity contribution in [3.8, 4) is 5.75 Å². The number of rotatable bonds is 6. The fourth-order valence-corrected chi connectivity index (χ4v) is 4.32. The number of hydrogen-bond acceptors (Lipinski definition) is 1. The van der Waals surface area contributed by atoms with Crippen LogP contribution in [0.2, 0.25) is 0 Å². The molecule has 1 aromatic rings. The summed E-state index contributed by atoms with van der Waals surface area (Å²) < 4.78 is 59.8. The van der Waals surface area contributed by atoms with Gasteiger partial charge in [-0.15, -0.1) is 6.58 Å². The van der Waals surface area contributed by atoms with Gasteiger partial charge in [-0.05, 0) is 81.3 Å². The van der Waals surface area contributed by atoms with Gasteiger partial charge in [0.2, 0.25) is 0 Å². The van der Waals surface area contributed by atoms with Gasteiger partial charge in [-0.2, -0.15) is 8.78 Å². The molecule has 5 heteroatoms. The first-order chi connectivity index (χ1) is 13.4. The van der Waals surface area contributed by atoms with Crippen LogP contribution in [0.25, 0.3) is 0 Å². The van der Waals surface area contributed by atoms with Crippen LogP contribution in [0.4, 0.5) is 17.6 Å². The predicted octanol–water partition coefficient (Wildman–Crippen LogP) is 7.29. The molecular formula is C23H28F4O. The second-order valence-electron chi connectivity index (χ2n) is 8.15. The Balaban J connectivity index is 1.48. The fourth-order valence-electron chi connectivity index (χ4n) is 4.32. The van der Waals surface area contributed by atoms with E-state index in [1.807, 2.05) is 6.08 Å². The fraction of sp³-hybridized carbons (Fsp3) is 0.565. The van der Waals surface area contributed by atoms with Crippen molar-refractivity contribution in [3.05, 3.63) is 54.6 Å². The lowest BCUT2D eigenvalue weighted by Crippen LogP contribution is -2.37. The highest BCUT2D eigenvalue weighted by atomic mass is 19.3. The number of benzene rings is 1. The number of hydrogen-bond donors (Lipinski definition) is 0. The lowest BCUT2D eigenvalue weighted by atomic mass is 9.79. The van der Waals surface area contributed by atoms with E-state index in [4.69, 9.17) is 4.74 Å². The molecule has 0 heterocycles. The molecule has 2 saturated carbocycles. The summed E-state index contributed by atoms with van der Waals surface area (Å²) in [6.45, 7) is 3.87. The van der Waals surface area contributed by atoms with Crippen LogP contribution in [0, 0.1) is 35.3 Å². The second-order valence-corrected chi connectivity index (χ2v) is 8.15. The van der Waals surface area contributed by atoms with Gasteiger partial charge in [0.15, 0.2) is 11.6 Å². The molecule has 1 nitrogen and oxygen atoms in total. The summed E-state index contributed by atoms with van der Waals surface area (Å²) in [5.74, 6) is -1.98. The van der Waals surface area contributed by atoms with E-state index in [9.17, 15) is 17.6 Å². The average molecular weight is 396 g/mol. The van der Waals surface area contributed by atoms with Crippen molar-refractivity contribution < 1.29 is 22.3 Å². The van der Waals surface area contributed by atoms with Crippen molar-refractivity contribution in [2.75, 3.05) is 0 Å². The van der Waals surface area contributed by atoms with E-state index in [-0.39, 0.29) is 5.75 Å². The molecule has 0 unspecified atom stereocenters. The zero-order chi connectivity index (χ0) is 20.1. The standard InChI is InChI=1S/C23H28F4O/c1-2-16-3-5-17(6-4-16)7-8-18-9-11-19(12-10-18)23(26,27)28-20-13-14-21(24)22(25)15-20/h2,7-8,13-19H,1,3-6,9-12H2/b8-7+. The Kier molecular flexibility index (Phi) is 6.84. The number of alkyl halides is 2. The van der Waals surface area contributed by atoms with Gasteiger partial charge in [0.25, 0.3) is 0 Å². The Morgan fingerprint density at radius 2 is 1.36 bits per heavy atom. The van der Waals surface area contributed by atoms with Gasteiger partial charge in [0.05, 0.1) is 5.92 Å². The third kappa shape index (κ3) is 5.39. The Morgan fingerprint density at radius 1 is 0.821 bits per heavy atom. The summed E-state index contributed by atoms with van der Waals surface area (Å²) in [6, 6.07) is 2.49. The number of ether oxygens (including phenoxy) is 1. The predicted molar refractivity (Wildman–Crippen MR) is 102 cm³/mol. The topological polar surface area (TPSA) is 9.23 Å². The minimum Gasteiger partial charge on any atom is -0.432 e. The van der Waals surface area contributed by atoms with Gasteiger partial charge in [0, 0.05) is 6.07 Å². The first kappa shape index (κ1) is 20.9. The van der Waals surface area contributed by atoms with E-state index in [0.29, 0.717) is 49.5 Å². The van der Waals surface area contributed by atoms with Crippen molar-refractivity contribution in [2.24, 2.45) is 23.7 Å². The van der Waals surface area contributed by atoms with E-state index in [2.05, 4.69) is 18.7 Å². The molecule has 3 rings (SSSR count). The molecule has 0 bridgehead atoms. The molecule has 0 aliphatic heterocycles. The molecule has 0 amide bonds. The molecular weight excluding hydrogens is 368 g/mol. The van der Waals surface area contributed by atoms with Crippen LogP contribution in [-0.4, -0.2) is 6.11 Å². The van der Waals surface area contributed by atoms with Crippen LogP contribution in [0.5, 0.6) is 5.75 Å². The van der Waals surface area contributed by atoms with E-state index >= 15 is 0 Å².